The minimum Gasteiger partial charge on any atom is -0.493 e. The predicted molar refractivity (Wildman–Crippen MR) is 108 cm³/mol. The molecule has 30 heavy (non-hydrogen) atoms. The van der Waals surface area contributed by atoms with E-state index in [9.17, 15) is 14.0 Å². The molecule has 2 amide bonds. The van der Waals surface area contributed by atoms with Crippen molar-refractivity contribution in [3.63, 3.8) is 0 Å². The first-order valence-electron chi connectivity index (χ1n) is 8.88. The topological polar surface area (TPSA) is 95.1 Å². The van der Waals surface area contributed by atoms with Gasteiger partial charge in [0.1, 0.15) is 0 Å². The average molecular weight is 418 g/mol. The van der Waals surface area contributed by atoms with Crippen molar-refractivity contribution in [1.29, 1.82) is 0 Å². The van der Waals surface area contributed by atoms with Gasteiger partial charge in [-0.1, -0.05) is 12.1 Å². The Kier molecular flexibility index (Phi) is 8.04. The van der Waals surface area contributed by atoms with Crippen molar-refractivity contribution < 1.29 is 32.9 Å². The lowest BCUT2D eigenvalue weighted by Crippen LogP contribution is -2.46. The molecule has 0 unspecified atom stereocenters. The van der Waals surface area contributed by atoms with E-state index in [1.807, 2.05) is 0 Å². The molecule has 1 atom stereocenters. The molecule has 9 heteroatoms. The minimum atomic E-state index is -1.03. The first-order valence-corrected chi connectivity index (χ1v) is 8.88. The molecule has 2 rings (SSSR count). The van der Waals surface area contributed by atoms with E-state index in [1.165, 1.54) is 58.6 Å². The Hall–Kier alpha value is -3.75. The van der Waals surface area contributed by atoms with E-state index in [4.69, 9.17) is 18.9 Å². The van der Waals surface area contributed by atoms with Crippen LogP contribution in [-0.2, 0) is 9.59 Å². The zero-order chi connectivity index (χ0) is 22.1. The maximum atomic E-state index is 13.6. The normalized spacial score (nSPS) is 11.5. The zero-order valence-electron chi connectivity index (χ0n) is 17.0. The van der Waals surface area contributed by atoms with Gasteiger partial charge in [-0.2, -0.15) is 0 Å². The molecule has 0 aromatic heterocycles. The van der Waals surface area contributed by atoms with Crippen LogP contribution in [0, 0.1) is 5.82 Å². The third kappa shape index (κ3) is 5.87. The first kappa shape index (κ1) is 22.5. The van der Waals surface area contributed by atoms with E-state index < -0.39 is 23.7 Å². The molecule has 0 aliphatic carbocycles. The van der Waals surface area contributed by atoms with Gasteiger partial charge in [0, 0.05) is 6.08 Å². The van der Waals surface area contributed by atoms with Gasteiger partial charge < -0.3 is 18.9 Å². The van der Waals surface area contributed by atoms with Crippen molar-refractivity contribution in [3.8, 4) is 23.0 Å². The molecule has 8 nitrogen and oxygen atoms in total. The molecule has 2 aromatic rings. The number of carbonyl (C=O) groups excluding carboxylic acids is 2. The Morgan fingerprint density at radius 2 is 1.60 bits per heavy atom. The van der Waals surface area contributed by atoms with E-state index in [0.717, 1.165) is 0 Å². The highest BCUT2D eigenvalue weighted by molar-refractivity contribution is 5.93. The van der Waals surface area contributed by atoms with Crippen LogP contribution >= 0.6 is 0 Å². The van der Waals surface area contributed by atoms with E-state index in [-0.39, 0.29) is 5.75 Å². The number of hydrazine groups is 1. The van der Waals surface area contributed by atoms with Crippen LogP contribution in [0.15, 0.2) is 42.5 Å². The largest absolute Gasteiger partial charge is 0.493 e. The molecule has 0 aliphatic rings. The molecule has 2 aromatic carbocycles. The Bertz CT molecular complexity index is 906. The van der Waals surface area contributed by atoms with E-state index in [2.05, 4.69) is 10.9 Å². The molecule has 0 radical (unpaired) electrons. The van der Waals surface area contributed by atoms with Crippen LogP contribution in [0.1, 0.15) is 12.5 Å². The summed E-state index contributed by atoms with van der Waals surface area (Å²) < 4.78 is 34.6. The van der Waals surface area contributed by atoms with E-state index in [1.54, 1.807) is 18.2 Å². The quantitative estimate of drug-likeness (QED) is 0.505. The second kappa shape index (κ2) is 10.7. The van der Waals surface area contributed by atoms with Crippen molar-refractivity contribution >= 4 is 17.9 Å². The van der Waals surface area contributed by atoms with Gasteiger partial charge in [0.15, 0.2) is 29.2 Å². The Morgan fingerprint density at radius 1 is 0.967 bits per heavy atom. The highest BCUT2D eigenvalue weighted by Crippen LogP contribution is 2.38. The van der Waals surface area contributed by atoms with Gasteiger partial charge in [-0.25, -0.2) is 4.39 Å². The number of carbonyl (C=O) groups is 2. The van der Waals surface area contributed by atoms with Crippen molar-refractivity contribution in [1.82, 2.24) is 10.9 Å². The number of nitrogens with one attached hydrogen (secondary N) is 2. The number of hydrogen-bond donors (Lipinski definition) is 2. The lowest BCUT2D eigenvalue weighted by atomic mass is 10.1. The summed E-state index contributed by atoms with van der Waals surface area (Å²) in [5.74, 6) is -0.586. The van der Waals surface area contributed by atoms with Gasteiger partial charge in [0.05, 0.1) is 21.3 Å². The third-order valence-corrected chi connectivity index (χ3v) is 3.93. The Labute approximate surface area is 173 Å². The molecular formula is C21H23FN2O6. The van der Waals surface area contributed by atoms with Crippen molar-refractivity contribution in [2.45, 2.75) is 13.0 Å². The molecule has 0 heterocycles. The standard InChI is InChI=1S/C21H23FN2O6/c1-13(30-16-8-6-5-7-15(16)22)21(26)24-23-19(25)10-9-14-11-17(27-2)20(29-4)18(12-14)28-3/h5-13H,1-4H3,(H,23,25)(H,24,26)/b10-9+/t13-/m0/s1. The molecule has 0 saturated carbocycles. The minimum absolute atomic E-state index is 0.0613. The van der Waals surface area contributed by atoms with Crippen LogP contribution in [0.3, 0.4) is 0 Å². The maximum Gasteiger partial charge on any atom is 0.279 e. The summed E-state index contributed by atoms with van der Waals surface area (Å²) in [6.45, 7) is 1.43. The van der Waals surface area contributed by atoms with Gasteiger partial charge in [0.25, 0.3) is 11.8 Å². The fourth-order valence-electron chi connectivity index (χ4n) is 2.42. The number of hydrogen-bond acceptors (Lipinski definition) is 6. The molecule has 2 N–H and O–H groups in total. The van der Waals surface area contributed by atoms with Crippen LogP contribution in [-0.4, -0.2) is 39.2 Å². The molecule has 0 aliphatic heterocycles. The smallest absolute Gasteiger partial charge is 0.279 e. The summed E-state index contributed by atoms with van der Waals surface area (Å²) in [6, 6.07) is 9.03. The lowest BCUT2D eigenvalue weighted by Gasteiger charge is -2.15. The third-order valence-electron chi connectivity index (χ3n) is 3.93. The number of ether oxygens (including phenoxy) is 4. The van der Waals surface area contributed by atoms with E-state index >= 15 is 0 Å². The van der Waals surface area contributed by atoms with Crippen LogP contribution in [0.25, 0.3) is 6.08 Å². The first-order chi connectivity index (χ1) is 14.4. The number of para-hydroxylation sites is 1. The fourth-order valence-corrected chi connectivity index (χ4v) is 2.42. The molecule has 160 valence electrons. The van der Waals surface area contributed by atoms with Crippen LogP contribution in [0.4, 0.5) is 4.39 Å². The van der Waals surface area contributed by atoms with Crippen molar-refractivity contribution in [3.05, 3.63) is 53.9 Å². The number of rotatable bonds is 8. The van der Waals surface area contributed by atoms with Gasteiger partial charge in [0.2, 0.25) is 5.75 Å². The van der Waals surface area contributed by atoms with Crippen molar-refractivity contribution in [2.24, 2.45) is 0 Å². The highest BCUT2D eigenvalue weighted by Gasteiger charge is 2.17. The zero-order valence-corrected chi connectivity index (χ0v) is 17.0. The number of amides is 2. The highest BCUT2D eigenvalue weighted by atomic mass is 19.1. The molecule has 0 saturated heterocycles. The summed E-state index contributed by atoms with van der Waals surface area (Å²) in [4.78, 5) is 24.0. The summed E-state index contributed by atoms with van der Waals surface area (Å²) >= 11 is 0. The summed E-state index contributed by atoms with van der Waals surface area (Å²) in [5.41, 5.74) is 5.06. The molecule has 0 spiro atoms. The van der Waals surface area contributed by atoms with Crippen LogP contribution in [0.5, 0.6) is 23.0 Å². The summed E-state index contributed by atoms with van der Waals surface area (Å²) in [6.07, 6.45) is 1.69. The second-order valence-electron chi connectivity index (χ2n) is 5.96. The Morgan fingerprint density at radius 3 is 2.17 bits per heavy atom. The average Bonchev–Trinajstić information content (AvgIpc) is 2.76. The van der Waals surface area contributed by atoms with Gasteiger partial charge in [-0.3, -0.25) is 20.4 Å². The molecular weight excluding hydrogens is 395 g/mol. The van der Waals surface area contributed by atoms with Gasteiger partial charge in [-0.15, -0.1) is 0 Å². The summed E-state index contributed by atoms with van der Waals surface area (Å²) in [5, 5.41) is 0. The van der Waals surface area contributed by atoms with Crippen LogP contribution < -0.4 is 29.8 Å². The monoisotopic (exact) mass is 418 g/mol. The van der Waals surface area contributed by atoms with Crippen molar-refractivity contribution in [2.75, 3.05) is 21.3 Å². The molecule has 0 fully saturated rings. The predicted octanol–water partition coefficient (Wildman–Crippen LogP) is 2.48. The van der Waals surface area contributed by atoms with Crippen LogP contribution in [0.2, 0.25) is 0 Å². The number of methoxy groups -OCH3 is 3. The second-order valence-corrected chi connectivity index (χ2v) is 5.96. The Balaban J connectivity index is 1.94. The van der Waals surface area contributed by atoms with E-state index in [0.29, 0.717) is 22.8 Å². The summed E-state index contributed by atoms with van der Waals surface area (Å²) in [7, 11) is 4.46. The maximum absolute atomic E-state index is 13.6. The van der Waals surface area contributed by atoms with Gasteiger partial charge >= 0.3 is 0 Å². The molecule has 0 bridgehead atoms. The number of halogens is 1. The fraction of sp³-hybridized carbons (Fsp3) is 0.238. The van der Waals surface area contributed by atoms with Gasteiger partial charge in [-0.05, 0) is 42.8 Å². The lowest BCUT2D eigenvalue weighted by molar-refractivity contribution is -0.131. The number of benzene rings is 2. The SMILES string of the molecule is COc1cc(/C=C/C(=O)NNC(=O)[C@H](C)Oc2ccccc2F)cc(OC)c1OC.